The molecule has 3 aliphatic rings. The Bertz CT molecular complexity index is 1290. The number of anilines is 1. The fourth-order valence-corrected chi connectivity index (χ4v) is 5.54. The molecule has 0 aliphatic carbocycles. The summed E-state index contributed by atoms with van der Waals surface area (Å²) in [5.41, 5.74) is -0.447. The molecule has 3 saturated heterocycles. The number of fused-ring (bicyclic) bond motifs is 3. The van der Waals surface area contributed by atoms with E-state index in [4.69, 9.17) is 13.9 Å². The molecule has 6 rings (SSSR count). The Morgan fingerprint density at radius 3 is 2.53 bits per heavy atom. The van der Waals surface area contributed by atoms with E-state index in [-0.39, 0.29) is 35.9 Å². The lowest BCUT2D eigenvalue weighted by Gasteiger charge is -2.55. The summed E-state index contributed by atoms with van der Waals surface area (Å²) in [5, 5.41) is 12.5. The molecular formula is C26H32F2N4O5S. The zero-order valence-electron chi connectivity index (χ0n) is 22.0. The number of nitrogens with zero attached hydrogens (tertiary/aromatic N) is 4. The molecule has 2 aromatic heterocycles. The molecule has 3 unspecified atom stereocenters. The number of piperazine rings is 1. The van der Waals surface area contributed by atoms with Gasteiger partial charge in [-0.1, -0.05) is 6.07 Å². The second kappa shape index (κ2) is 9.73. The summed E-state index contributed by atoms with van der Waals surface area (Å²) in [6.07, 6.45) is -2.28. The molecule has 1 amide bonds. The number of alkyl halides is 2. The van der Waals surface area contributed by atoms with Crippen molar-refractivity contribution >= 4 is 34.5 Å². The quantitative estimate of drug-likeness (QED) is 0.426. The Morgan fingerprint density at radius 1 is 1.24 bits per heavy atom. The van der Waals surface area contributed by atoms with Gasteiger partial charge in [-0.3, -0.25) is 4.90 Å². The summed E-state index contributed by atoms with van der Waals surface area (Å²) in [4.78, 5) is 25.4. The number of aliphatic hydroxyl groups is 1. The van der Waals surface area contributed by atoms with E-state index >= 15 is 0 Å². The van der Waals surface area contributed by atoms with Crippen molar-refractivity contribution < 1.29 is 32.6 Å². The van der Waals surface area contributed by atoms with E-state index in [1.54, 1.807) is 23.2 Å². The summed E-state index contributed by atoms with van der Waals surface area (Å²) in [5.74, 6) is 0. The lowest BCUT2D eigenvalue weighted by molar-refractivity contribution is -0.104. The van der Waals surface area contributed by atoms with Gasteiger partial charge < -0.3 is 23.9 Å². The molecule has 0 spiro atoms. The van der Waals surface area contributed by atoms with Gasteiger partial charge in [-0.15, -0.1) is 11.3 Å². The highest BCUT2D eigenvalue weighted by atomic mass is 32.1. The van der Waals surface area contributed by atoms with E-state index in [2.05, 4.69) is 9.97 Å². The normalized spacial score (nSPS) is 20.7. The maximum atomic E-state index is 14.2. The van der Waals surface area contributed by atoms with Gasteiger partial charge in [0.15, 0.2) is 5.58 Å². The second-order valence-corrected chi connectivity index (χ2v) is 12.3. The van der Waals surface area contributed by atoms with Crippen LogP contribution in [0.5, 0.6) is 0 Å². The van der Waals surface area contributed by atoms with Gasteiger partial charge in [0.2, 0.25) is 0 Å². The Hall–Kier alpha value is -2.83. The first-order chi connectivity index (χ1) is 17.8. The maximum absolute atomic E-state index is 14.2. The predicted molar refractivity (Wildman–Crippen MR) is 139 cm³/mol. The second-order valence-electron chi connectivity index (χ2n) is 11.4. The summed E-state index contributed by atoms with van der Waals surface area (Å²) < 4.78 is 45.6. The lowest BCUT2D eigenvalue weighted by Crippen LogP contribution is -2.70. The molecule has 0 radical (unpaired) electrons. The van der Waals surface area contributed by atoms with Gasteiger partial charge in [0, 0.05) is 30.2 Å². The fraction of sp³-hybridized carbons (Fsp3) is 0.577. The maximum Gasteiger partial charge on any atom is 0.410 e. The Balaban J connectivity index is 1.47. The lowest BCUT2D eigenvalue weighted by atomic mass is 9.88. The minimum atomic E-state index is -2.85. The summed E-state index contributed by atoms with van der Waals surface area (Å²) >= 11 is 1.40. The van der Waals surface area contributed by atoms with E-state index in [9.17, 15) is 18.7 Å². The topological polar surface area (TPSA) is 101 Å². The van der Waals surface area contributed by atoms with E-state index < -0.39 is 23.7 Å². The van der Waals surface area contributed by atoms with Crippen molar-refractivity contribution in [3.05, 3.63) is 29.3 Å². The third kappa shape index (κ3) is 5.34. The monoisotopic (exact) mass is 550 g/mol. The van der Waals surface area contributed by atoms with E-state index in [1.807, 2.05) is 31.1 Å². The third-order valence-corrected chi connectivity index (χ3v) is 7.25. The number of carbonyl (C=O) groups excluding carboxylic acids is 1. The molecule has 206 valence electrons. The molecule has 2 bridgehead atoms. The van der Waals surface area contributed by atoms with Crippen LogP contribution < -0.4 is 4.90 Å². The first-order valence-corrected chi connectivity index (χ1v) is 13.4. The number of halogens is 2. The van der Waals surface area contributed by atoms with Crippen LogP contribution in [0.4, 0.5) is 19.6 Å². The van der Waals surface area contributed by atoms with E-state index in [1.165, 1.54) is 25.2 Å². The molecule has 3 aliphatic heterocycles. The number of amides is 1. The molecule has 3 aromatic rings. The molecule has 38 heavy (non-hydrogen) atoms. The molecular weight excluding hydrogens is 518 g/mol. The average Bonchev–Trinajstić information content (AvgIpc) is 3.47. The van der Waals surface area contributed by atoms with Crippen molar-refractivity contribution in [2.24, 2.45) is 0 Å². The molecule has 0 saturated carbocycles. The van der Waals surface area contributed by atoms with Crippen LogP contribution in [0.15, 0.2) is 28.1 Å². The number of piperidine rings is 1. The van der Waals surface area contributed by atoms with Crippen LogP contribution in [0.2, 0.25) is 0 Å². The molecule has 3 fully saturated rings. The summed E-state index contributed by atoms with van der Waals surface area (Å²) in [6, 6.07) is 3.43. The number of hydrogen-bond acceptors (Lipinski definition) is 9. The van der Waals surface area contributed by atoms with Crippen molar-refractivity contribution in [2.75, 3.05) is 24.6 Å². The SMILES string of the molecule is CC(C)(O)COC(c1ccc(-c2nccs2)c2oc(N3CC4CC(C3)N4C(=O)OC(C)(C)C)nc12)C(F)F. The molecule has 1 N–H and O–H groups in total. The van der Waals surface area contributed by atoms with Gasteiger partial charge in [-0.05, 0) is 47.1 Å². The number of aromatic nitrogens is 2. The zero-order chi connectivity index (χ0) is 27.4. The number of carbonyl (C=O) groups is 1. The van der Waals surface area contributed by atoms with Crippen LogP contribution in [0.25, 0.3) is 21.7 Å². The van der Waals surface area contributed by atoms with Gasteiger partial charge in [0.1, 0.15) is 22.2 Å². The van der Waals surface area contributed by atoms with Crippen LogP contribution in [-0.4, -0.2) is 75.5 Å². The largest absolute Gasteiger partial charge is 0.444 e. The summed E-state index contributed by atoms with van der Waals surface area (Å²) in [6.45, 7) is 9.18. The van der Waals surface area contributed by atoms with E-state index in [0.29, 0.717) is 35.3 Å². The number of hydrogen-bond donors (Lipinski definition) is 1. The van der Waals surface area contributed by atoms with Crippen molar-refractivity contribution in [3.8, 4) is 10.6 Å². The minimum Gasteiger partial charge on any atom is -0.444 e. The molecule has 1 aromatic carbocycles. The first kappa shape index (κ1) is 26.8. The zero-order valence-corrected chi connectivity index (χ0v) is 22.8. The van der Waals surface area contributed by atoms with E-state index in [0.717, 1.165) is 6.42 Å². The average molecular weight is 551 g/mol. The highest BCUT2D eigenvalue weighted by molar-refractivity contribution is 7.13. The first-order valence-electron chi connectivity index (χ1n) is 12.5. The molecule has 12 heteroatoms. The fourth-order valence-electron chi connectivity index (χ4n) is 4.88. The van der Waals surface area contributed by atoms with Gasteiger partial charge in [0.05, 0.1) is 29.9 Å². The number of oxazole rings is 1. The molecule has 3 atom stereocenters. The number of ether oxygens (including phenoxy) is 2. The smallest absolute Gasteiger partial charge is 0.410 e. The van der Waals surface area contributed by atoms with Crippen LogP contribution in [0.3, 0.4) is 0 Å². The molecule has 9 nitrogen and oxygen atoms in total. The minimum absolute atomic E-state index is 0.0551. The van der Waals surface area contributed by atoms with Crippen LogP contribution in [-0.2, 0) is 9.47 Å². The highest BCUT2D eigenvalue weighted by Gasteiger charge is 2.49. The van der Waals surface area contributed by atoms with Crippen molar-refractivity contribution in [2.45, 2.75) is 76.9 Å². The van der Waals surface area contributed by atoms with Gasteiger partial charge in [0.25, 0.3) is 12.4 Å². The Kier molecular flexibility index (Phi) is 6.85. The Labute approximate surface area is 223 Å². The molecule has 5 heterocycles. The third-order valence-electron chi connectivity index (χ3n) is 6.45. The Morgan fingerprint density at radius 2 is 1.95 bits per heavy atom. The van der Waals surface area contributed by atoms with Crippen molar-refractivity contribution in [1.29, 1.82) is 0 Å². The van der Waals surface area contributed by atoms with Crippen LogP contribution >= 0.6 is 11.3 Å². The predicted octanol–water partition coefficient (Wildman–Crippen LogP) is 5.24. The number of benzene rings is 1. The summed E-state index contributed by atoms with van der Waals surface area (Å²) in [7, 11) is 0. The van der Waals surface area contributed by atoms with Crippen molar-refractivity contribution in [1.82, 2.24) is 14.9 Å². The van der Waals surface area contributed by atoms with Gasteiger partial charge in [-0.2, -0.15) is 4.98 Å². The van der Waals surface area contributed by atoms with Crippen molar-refractivity contribution in [3.63, 3.8) is 0 Å². The van der Waals surface area contributed by atoms with Gasteiger partial charge in [-0.25, -0.2) is 18.6 Å². The number of thiazole rings is 1. The number of rotatable bonds is 7. The van der Waals surface area contributed by atoms with Crippen LogP contribution in [0.1, 0.15) is 52.7 Å². The standard InChI is InChI=1S/C26H32F2N4O5S/c1-25(2,3)37-24(33)32-14-10-15(32)12-31(11-14)23-30-18-16(20(21(27)28)35-13-26(4,5)34)6-7-17(19(18)36-23)22-29-8-9-38-22/h6-9,14-15,20-21,34H,10-13H2,1-5H3. The highest BCUT2D eigenvalue weighted by Crippen LogP contribution is 2.41. The van der Waals surface area contributed by atoms with Gasteiger partial charge >= 0.3 is 6.09 Å². The van der Waals surface area contributed by atoms with Crippen LogP contribution in [0, 0.1) is 0 Å².